The van der Waals surface area contributed by atoms with E-state index in [9.17, 15) is 22.4 Å². The molecular weight excluding hydrogens is 392 g/mol. The van der Waals surface area contributed by atoms with Crippen molar-refractivity contribution in [2.45, 2.75) is 12.7 Å². The van der Waals surface area contributed by atoms with Crippen LogP contribution in [0.2, 0.25) is 0 Å². The highest BCUT2D eigenvalue weighted by Gasteiger charge is 2.33. The van der Waals surface area contributed by atoms with Gasteiger partial charge in [-0.2, -0.15) is 18.3 Å². The first-order valence-corrected chi connectivity index (χ1v) is 8.51. The second-order valence-electron chi connectivity index (χ2n) is 6.49. The molecule has 0 bridgehead atoms. The lowest BCUT2D eigenvalue weighted by atomic mass is 10.0. The number of hydrogen-bond acceptors (Lipinski definition) is 4. The van der Waals surface area contributed by atoms with Gasteiger partial charge in [0.15, 0.2) is 6.61 Å². The van der Waals surface area contributed by atoms with Crippen molar-refractivity contribution in [1.82, 2.24) is 14.8 Å². The van der Waals surface area contributed by atoms with E-state index in [4.69, 9.17) is 4.74 Å². The van der Waals surface area contributed by atoms with Gasteiger partial charge in [0.1, 0.15) is 11.6 Å². The number of carbonyl (C=O) groups excluding carboxylic acids is 1. The third-order valence-corrected chi connectivity index (χ3v) is 4.44. The van der Waals surface area contributed by atoms with Crippen LogP contribution in [-0.4, -0.2) is 33.5 Å². The molecule has 0 fully saturated rings. The lowest BCUT2D eigenvalue weighted by Crippen LogP contribution is -2.22. The SMILES string of the molecule is Cn1cc(N2Cc3c(ccnc3-c3ccc(F)cc3OCC(F)(F)F)C2=O)cn1. The van der Waals surface area contributed by atoms with Gasteiger partial charge in [-0.25, -0.2) is 4.39 Å². The zero-order valence-electron chi connectivity index (χ0n) is 15.1. The van der Waals surface area contributed by atoms with Crippen LogP contribution in [0.15, 0.2) is 42.9 Å². The maximum Gasteiger partial charge on any atom is 0.422 e. The van der Waals surface area contributed by atoms with Gasteiger partial charge in [-0.1, -0.05) is 0 Å². The minimum Gasteiger partial charge on any atom is -0.483 e. The van der Waals surface area contributed by atoms with Gasteiger partial charge in [0.05, 0.1) is 24.1 Å². The topological polar surface area (TPSA) is 60.2 Å². The van der Waals surface area contributed by atoms with Crippen LogP contribution in [0.3, 0.4) is 0 Å². The number of anilines is 1. The van der Waals surface area contributed by atoms with E-state index in [2.05, 4.69) is 10.1 Å². The Morgan fingerprint density at radius 1 is 1.21 bits per heavy atom. The van der Waals surface area contributed by atoms with Crippen LogP contribution in [0.25, 0.3) is 11.3 Å². The molecular formula is C19H14F4N4O2. The standard InChI is InChI=1S/C19H14F4N4O2/c1-26-8-12(7-25-26)27-9-15-13(18(27)28)4-5-24-17(15)14-3-2-11(20)6-16(14)29-10-19(21,22)23/h2-8H,9-10H2,1H3. The molecule has 6 nitrogen and oxygen atoms in total. The van der Waals surface area contributed by atoms with Gasteiger partial charge >= 0.3 is 6.18 Å². The maximum atomic E-state index is 13.7. The van der Waals surface area contributed by atoms with Crippen LogP contribution in [0, 0.1) is 5.82 Å². The molecule has 1 aliphatic rings. The Morgan fingerprint density at radius 2 is 2.00 bits per heavy atom. The molecule has 3 aromatic rings. The lowest BCUT2D eigenvalue weighted by molar-refractivity contribution is -0.153. The van der Waals surface area contributed by atoms with Crippen molar-refractivity contribution in [2.24, 2.45) is 7.05 Å². The first kappa shape index (κ1) is 18.9. The Bertz CT molecular complexity index is 1090. The maximum absolute atomic E-state index is 13.7. The van der Waals surface area contributed by atoms with Gasteiger partial charge < -0.3 is 9.64 Å². The number of rotatable bonds is 4. The highest BCUT2D eigenvalue weighted by atomic mass is 19.4. The van der Waals surface area contributed by atoms with Crippen molar-refractivity contribution < 1.29 is 27.1 Å². The number of pyridine rings is 1. The summed E-state index contributed by atoms with van der Waals surface area (Å²) in [5, 5.41) is 4.05. The summed E-state index contributed by atoms with van der Waals surface area (Å²) in [5.41, 5.74) is 1.90. The molecule has 0 unspecified atom stereocenters. The number of alkyl halides is 3. The van der Waals surface area contributed by atoms with Crippen LogP contribution in [-0.2, 0) is 13.6 Å². The molecule has 0 saturated carbocycles. The average Bonchev–Trinajstić information content (AvgIpc) is 3.23. The van der Waals surface area contributed by atoms with Crippen molar-refractivity contribution in [2.75, 3.05) is 11.5 Å². The summed E-state index contributed by atoms with van der Waals surface area (Å²) in [6.07, 6.45) is 0.0116. The number of amides is 1. The van der Waals surface area contributed by atoms with Crippen LogP contribution >= 0.6 is 0 Å². The van der Waals surface area contributed by atoms with Gasteiger partial charge in [0.2, 0.25) is 0 Å². The van der Waals surface area contributed by atoms with E-state index in [0.717, 1.165) is 12.1 Å². The number of fused-ring (bicyclic) bond motifs is 1. The summed E-state index contributed by atoms with van der Waals surface area (Å²) in [6, 6.07) is 4.81. The van der Waals surface area contributed by atoms with Gasteiger partial charge in [-0.3, -0.25) is 14.5 Å². The molecule has 150 valence electrons. The molecule has 0 N–H and O–H groups in total. The summed E-state index contributed by atoms with van der Waals surface area (Å²) in [7, 11) is 1.72. The number of aromatic nitrogens is 3. The van der Waals surface area contributed by atoms with Crippen molar-refractivity contribution in [3.8, 4) is 17.0 Å². The number of hydrogen-bond donors (Lipinski definition) is 0. The minimum absolute atomic E-state index is 0.152. The van der Waals surface area contributed by atoms with E-state index >= 15 is 0 Å². The number of halogens is 4. The number of carbonyl (C=O) groups is 1. The van der Waals surface area contributed by atoms with E-state index in [1.165, 1.54) is 29.4 Å². The Morgan fingerprint density at radius 3 is 2.69 bits per heavy atom. The minimum atomic E-state index is -4.58. The van der Waals surface area contributed by atoms with Crippen molar-refractivity contribution in [3.05, 3.63) is 59.8 Å². The average molecular weight is 406 g/mol. The van der Waals surface area contributed by atoms with E-state index in [0.29, 0.717) is 16.8 Å². The summed E-state index contributed by atoms with van der Waals surface area (Å²) < 4.78 is 57.8. The molecule has 0 radical (unpaired) electrons. The monoisotopic (exact) mass is 406 g/mol. The van der Waals surface area contributed by atoms with Crippen molar-refractivity contribution in [3.63, 3.8) is 0 Å². The van der Waals surface area contributed by atoms with Gasteiger partial charge in [0.25, 0.3) is 5.91 Å². The van der Waals surface area contributed by atoms with Crippen LogP contribution in [0.4, 0.5) is 23.2 Å². The molecule has 4 rings (SSSR count). The van der Waals surface area contributed by atoms with Gasteiger partial charge in [0, 0.05) is 42.2 Å². The van der Waals surface area contributed by atoms with Crippen molar-refractivity contribution in [1.29, 1.82) is 0 Å². The quantitative estimate of drug-likeness (QED) is 0.620. The molecule has 29 heavy (non-hydrogen) atoms. The molecule has 0 saturated heterocycles. The second kappa shape index (κ2) is 6.87. The number of aryl methyl sites for hydroxylation is 1. The summed E-state index contributed by atoms with van der Waals surface area (Å²) in [4.78, 5) is 18.5. The van der Waals surface area contributed by atoms with Gasteiger partial charge in [-0.05, 0) is 18.2 Å². The van der Waals surface area contributed by atoms with Crippen LogP contribution < -0.4 is 9.64 Å². The fourth-order valence-corrected chi connectivity index (χ4v) is 3.19. The first-order valence-electron chi connectivity index (χ1n) is 8.51. The van der Waals surface area contributed by atoms with Crippen molar-refractivity contribution >= 4 is 11.6 Å². The highest BCUT2D eigenvalue weighted by Crippen LogP contribution is 2.38. The first-order chi connectivity index (χ1) is 13.7. The summed E-state index contributed by atoms with van der Waals surface area (Å²) in [6.45, 7) is -1.42. The number of nitrogens with zero attached hydrogens (tertiary/aromatic N) is 4. The second-order valence-corrected chi connectivity index (χ2v) is 6.49. The highest BCUT2D eigenvalue weighted by molar-refractivity contribution is 6.11. The third kappa shape index (κ3) is 3.65. The van der Waals surface area contributed by atoms with Gasteiger partial charge in [-0.15, -0.1) is 0 Å². The number of ether oxygens (including phenoxy) is 1. The largest absolute Gasteiger partial charge is 0.483 e. The predicted molar refractivity (Wildman–Crippen MR) is 94.9 cm³/mol. The van der Waals surface area contributed by atoms with E-state index < -0.39 is 18.6 Å². The van der Waals surface area contributed by atoms with Crippen LogP contribution in [0.5, 0.6) is 5.75 Å². The Balaban J connectivity index is 1.75. The number of benzene rings is 1. The summed E-state index contributed by atoms with van der Waals surface area (Å²) in [5.74, 6) is -1.32. The third-order valence-electron chi connectivity index (χ3n) is 4.44. The Kier molecular flexibility index (Phi) is 4.48. The molecule has 1 aromatic carbocycles. The molecule has 1 amide bonds. The smallest absolute Gasteiger partial charge is 0.422 e. The van der Waals surface area contributed by atoms with E-state index in [1.54, 1.807) is 17.9 Å². The molecule has 0 aliphatic carbocycles. The Labute approximate surface area is 162 Å². The molecule has 0 spiro atoms. The molecule has 10 heteroatoms. The normalized spacial score (nSPS) is 13.7. The molecule has 0 atom stereocenters. The zero-order valence-corrected chi connectivity index (χ0v) is 15.1. The molecule has 3 heterocycles. The predicted octanol–water partition coefficient (Wildman–Crippen LogP) is 3.72. The molecule has 2 aromatic heterocycles. The van der Waals surface area contributed by atoms with E-state index in [-0.39, 0.29) is 29.5 Å². The lowest BCUT2D eigenvalue weighted by Gasteiger charge is -2.15. The fourth-order valence-electron chi connectivity index (χ4n) is 3.19. The van der Waals surface area contributed by atoms with E-state index in [1.807, 2.05) is 0 Å². The zero-order chi connectivity index (χ0) is 20.8. The van der Waals surface area contributed by atoms with Crippen LogP contribution in [0.1, 0.15) is 15.9 Å². The fraction of sp³-hybridized carbons (Fsp3) is 0.211. The Hall–Kier alpha value is -3.43. The summed E-state index contributed by atoms with van der Waals surface area (Å²) >= 11 is 0. The molecule has 1 aliphatic heterocycles.